The van der Waals surface area contributed by atoms with Crippen LogP contribution in [-0.4, -0.2) is 113 Å². The number of amides is 4. The number of benzene rings is 1. The lowest BCUT2D eigenvalue weighted by Gasteiger charge is -2.35. The summed E-state index contributed by atoms with van der Waals surface area (Å²) in [5.41, 5.74) is -0.177. The van der Waals surface area contributed by atoms with E-state index < -0.39 is 53.5 Å². The molecule has 4 amide bonds. The van der Waals surface area contributed by atoms with Gasteiger partial charge in [0.05, 0.1) is 12.1 Å². The van der Waals surface area contributed by atoms with Crippen molar-refractivity contribution in [1.29, 1.82) is 0 Å². The standard InChI is InChI=1S/C27H41N5O6/c1-16(28-5)24(36)30(6)17(2)25(37)31(7)20(14-19-12-10-9-11-13-19)23(35)29-22(18(3)33)26(38)32(8)27(4)15-21(27)34/h9-13,16-18,20,22,28,33H,14-15H2,1-8H3,(H,29,35)/t16?,17-,18+,20?,22?,27?/m0/s1. The van der Waals surface area contributed by atoms with E-state index in [9.17, 15) is 29.1 Å². The van der Waals surface area contributed by atoms with Gasteiger partial charge in [0.2, 0.25) is 23.6 Å². The van der Waals surface area contributed by atoms with Crippen molar-refractivity contribution in [3.8, 4) is 0 Å². The number of likely N-dealkylation sites (N-methyl/N-ethyl adjacent to an activating group) is 4. The van der Waals surface area contributed by atoms with Crippen molar-refractivity contribution >= 4 is 29.4 Å². The van der Waals surface area contributed by atoms with E-state index in [1.807, 2.05) is 30.3 Å². The maximum absolute atomic E-state index is 13.6. The Morgan fingerprint density at radius 1 is 0.974 bits per heavy atom. The number of nitrogens with one attached hydrogen (secondary N) is 2. The smallest absolute Gasteiger partial charge is 0.248 e. The van der Waals surface area contributed by atoms with Gasteiger partial charge in [-0.15, -0.1) is 0 Å². The van der Waals surface area contributed by atoms with Gasteiger partial charge in [0.1, 0.15) is 23.7 Å². The molecule has 0 aliphatic heterocycles. The molecule has 0 saturated heterocycles. The number of hydrogen-bond acceptors (Lipinski definition) is 7. The number of aliphatic hydroxyl groups is 1. The fourth-order valence-corrected chi connectivity index (χ4v) is 4.14. The SMILES string of the molecule is CNC(C)C(=O)N(C)[C@@H](C)C(=O)N(C)C(Cc1ccccc1)C(=O)NC(C(=O)N(C)C1(C)CC1=O)[C@@H](C)O. The number of Topliss-reactive ketones (excluding diaryl/α,β-unsaturated/α-hetero) is 1. The van der Waals surface area contributed by atoms with Crippen LogP contribution in [0.5, 0.6) is 0 Å². The molecular formula is C27H41N5O6. The monoisotopic (exact) mass is 531 g/mol. The average molecular weight is 532 g/mol. The summed E-state index contributed by atoms with van der Waals surface area (Å²) < 4.78 is 0. The van der Waals surface area contributed by atoms with Crippen LogP contribution >= 0.6 is 0 Å². The van der Waals surface area contributed by atoms with Crippen molar-refractivity contribution < 1.29 is 29.1 Å². The van der Waals surface area contributed by atoms with E-state index in [0.717, 1.165) is 5.56 Å². The predicted octanol–water partition coefficient (Wildman–Crippen LogP) is -0.434. The highest BCUT2D eigenvalue weighted by Crippen LogP contribution is 2.36. The van der Waals surface area contributed by atoms with Crippen LogP contribution in [0.2, 0.25) is 0 Å². The molecule has 0 radical (unpaired) electrons. The first kappa shape index (κ1) is 30.9. The Balaban J connectivity index is 2.31. The third kappa shape index (κ3) is 6.76. The molecular weight excluding hydrogens is 490 g/mol. The van der Waals surface area contributed by atoms with Crippen molar-refractivity contribution in [2.24, 2.45) is 0 Å². The number of hydrogen-bond donors (Lipinski definition) is 3. The molecule has 1 aliphatic carbocycles. The van der Waals surface area contributed by atoms with E-state index in [1.165, 1.54) is 42.8 Å². The Bertz CT molecular complexity index is 1050. The summed E-state index contributed by atoms with van der Waals surface area (Å²) in [6, 6.07) is 5.35. The highest BCUT2D eigenvalue weighted by molar-refractivity contribution is 6.08. The second-order valence-electron chi connectivity index (χ2n) is 10.3. The zero-order chi connectivity index (χ0) is 28.9. The number of rotatable bonds is 12. The lowest BCUT2D eigenvalue weighted by Crippen LogP contribution is -2.60. The van der Waals surface area contributed by atoms with Gasteiger partial charge < -0.3 is 30.4 Å². The minimum Gasteiger partial charge on any atom is -0.391 e. The van der Waals surface area contributed by atoms with Gasteiger partial charge in [0.15, 0.2) is 5.78 Å². The second kappa shape index (κ2) is 12.5. The zero-order valence-corrected chi connectivity index (χ0v) is 23.5. The highest BCUT2D eigenvalue weighted by Gasteiger charge is 2.55. The molecule has 210 valence electrons. The van der Waals surface area contributed by atoms with Crippen molar-refractivity contribution in [2.75, 3.05) is 28.2 Å². The van der Waals surface area contributed by atoms with Crippen molar-refractivity contribution in [1.82, 2.24) is 25.3 Å². The largest absolute Gasteiger partial charge is 0.391 e. The second-order valence-corrected chi connectivity index (χ2v) is 10.3. The van der Waals surface area contributed by atoms with Gasteiger partial charge in [-0.2, -0.15) is 0 Å². The van der Waals surface area contributed by atoms with Crippen LogP contribution in [0.15, 0.2) is 30.3 Å². The zero-order valence-electron chi connectivity index (χ0n) is 23.5. The molecule has 6 atom stereocenters. The molecule has 2 rings (SSSR count). The molecule has 1 aromatic rings. The summed E-state index contributed by atoms with van der Waals surface area (Å²) >= 11 is 0. The van der Waals surface area contributed by atoms with Crippen LogP contribution in [-0.2, 0) is 30.4 Å². The van der Waals surface area contributed by atoms with Crippen LogP contribution in [0.3, 0.4) is 0 Å². The molecule has 1 fully saturated rings. The van der Waals surface area contributed by atoms with Crippen molar-refractivity contribution in [3.63, 3.8) is 0 Å². The molecule has 11 nitrogen and oxygen atoms in total. The molecule has 1 saturated carbocycles. The van der Waals surface area contributed by atoms with Gasteiger partial charge in [-0.05, 0) is 40.3 Å². The number of nitrogens with zero attached hydrogens (tertiary/aromatic N) is 3. The fourth-order valence-electron chi connectivity index (χ4n) is 4.14. The van der Waals surface area contributed by atoms with Crippen LogP contribution < -0.4 is 10.6 Å². The maximum atomic E-state index is 13.6. The maximum Gasteiger partial charge on any atom is 0.248 e. The molecule has 1 aliphatic rings. The molecule has 0 aromatic heterocycles. The van der Waals surface area contributed by atoms with E-state index in [-0.39, 0.29) is 24.5 Å². The first-order valence-electron chi connectivity index (χ1n) is 12.7. The summed E-state index contributed by atoms with van der Waals surface area (Å²) in [4.78, 5) is 68.5. The summed E-state index contributed by atoms with van der Waals surface area (Å²) in [6.07, 6.45) is -0.908. The molecule has 0 bridgehead atoms. The Morgan fingerprint density at radius 2 is 1.53 bits per heavy atom. The van der Waals surface area contributed by atoms with Crippen LogP contribution in [0.4, 0.5) is 0 Å². The van der Waals surface area contributed by atoms with Crippen LogP contribution in [0.25, 0.3) is 0 Å². The third-order valence-electron chi connectivity index (χ3n) is 7.58. The van der Waals surface area contributed by atoms with Crippen molar-refractivity contribution in [2.45, 2.75) is 76.3 Å². The van der Waals surface area contributed by atoms with E-state index in [0.29, 0.717) is 0 Å². The van der Waals surface area contributed by atoms with Gasteiger partial charge in [0, 0.05) is 34.0 Å². The minimum absolute atomic E-state index is 0.100. The predicted molar refractivity (Wildman–Crippen MR) is 142 cm³/mol. The Morgan fingerprint density at radius 3 is 2.00 bits per heavy atom. The summed E-state index contributed by atoms with van der Waals surface area (Å²) in [7, 11) is 6.11. The topological polar surface area (TPSA) is 139 Å². The molecule has 4 unspecified atom stereocenters. The van der Waals surface area contributed by atoms with Gasteiger partial charge in [-0.25, -0.2) is 0 Å². The van der Waals surface area contributed by atoms with Crippen molar-refractivity contribution in [3.05, 3.63) is 35.9 Å². The Labute approximate surface area is 224 Å². The molecule has 11 heteroatoms. The molecule has 38 heavy (non-hydrogen) atoms. The third-order valence-corrected chi connectivity index (χ3v) is 7.58. The lowest BCUT2D eigenvalue weighted by atomic mass is 10.0. The van der Waals surface area contributed by atoms with Crippen LogP contribution in [0.1, 0.15) is 39.7 Å². The van der Waals surface area contributed by atoms with E-state index in [2.05, 4.69) is 10.6 Å². The molecule has 0 heterocycles. The molecule has 1 aromatic carbocycles. The summed E-state index contributed by atoms with van der Waals surface area (Å²) in [6.45, 7) is 6.28. The van der Waals surface area contributed by atoms with Crippen LogP contribution in [0, 0.1) is 0 Å². The normalized spacial score (nSPS) is 20.4. The Kier molecular flexibility index (Phi) is 10.2. The molecule has 3 N–H and O–H groups in total. The average Bonchev–Trinajstić information content (AvgIpc) is 3.53. The number of carbonyl (C=O) groups excluding carboxylic acids is 5. The summed E-state index contributed by atoms with van der Waals surface area (Å²) in [5.74, 6) is -2.09. The van der Waals surface area contributed by atoms with E-state index in [4.69, 9.17) is 0 Å². The quantitative estimate of drug-likeness (QED) is 0.333. The first-order valence-corrected chi connectivity index (χ1v) is 12.7. The fraction of sp³-hybridized carbons (Fsp3) is 0.593. The number of aliphatic hydroxyl groups excluding tert-OH is 1. The first-order chi connectivity index (χ1) is 17.7. The minimum atomic E-state index is -1.32. The van der Waals surface area contributed by atoms with Gasteiger partial charge >= 0.3 is 0 Å². The number of ketones is 1. The van der Waals surface area contributed by atoms with E-state index >= 15 is 0 Å². The number of carbonyl (C=O) groups is 5. The lowest BCUT2D eigenvalue weighted by molar-refractivity contribution is -0.148. The van der Waals surface area contributed by atoms with Gasteiger partial charge in [-0.1, -0.05) is 30.3 Å². The van der Waals surface area contributed by atoms with E-state index in [1.54, 1.807) is 27.8 Å². The van der Waals surface area contributed by atoms with Gasteiger partial charge in [0.25, 0.3) is 0 Å². The Hall–Kier alpha value is -3.31. The summed E-state index contributed by atoms with van der Waals surface area (Å²) in [5, 5.41) is 15.8. The van der Waals surface area contributed by atoms with Gasteiger partial charge in [-0.3, -0.25) is 24.0 Å². The molecule has 0 spiro atoms. The highest BCUT2D eigenvalue weighted by atomic mass is 16.3.